The zero-order valence-electron chi connectivity index (χ0n) is 14.0. The first-order valence-electron chi connectivity index (χ1n) is 7.66. The van der Waals surface area contributed by atoms with Gasteiger partial charge in [0, 0.05) is 31.7 Å². The van der Waals surface area contributed by atoms with Gasteiger partial charge >= 0.3 is 6.09 Å². The van der Waals surface area contributed by atoms with Crippen molar-refractivity contribution in [2.75, 3.05) is 26.2 Å². The lowest BCUT2D eigenvalue weighted by molar-refractivity contribution is 0.00247. The van der Waals surface area contributed by atoms with Crippen LogP contribution in [0, 0.1) is 0 Å². The Kier molecular flexibility index (Phi) is 6.02. The molecule has 0 aromatic rings. The zero-order valence-corrected chi connectivity index (χ0v) is 14.0. The van der Waals surface area contributed by atoms with E-state index in [1.54, 1.807) is 0 Å². The third-order valence-corrected chi connectivity index (χ3v) is 3.95. The summed E-state index contributed by atoms with van der Waals surface area (Å²) in [5, 5.41) is 0. The smallest absolute Gasteiger partial charge is 0.410 e. The van der Waals surface area contributed by atoms with Crippen LogP contribution >= 0.6 is 0 Å². The molecule has 1 heterocycles. The summed E-state index contributed by atoms with van der Waals surface area (Å²) in [7, 11) is 0. The molecule has 0 saturated carbocycles. The summed E-state index contributed by atoms with van der Waals surface area (Å²) in [5.41, 5.74) is -0.351. The standard InChI is InChI=1S/C17H30N2O2/c1-7-11-19(12-8-2)17(6)9-13-18(14-10-17)15(20)21-16(3,4)5/h7-8H,1-2,9-14H2,3-6H3. The van der Waals surface area contributed by atoms with Crippen LogP contribution in [0.25, 0.3) is 0 Å². The number of likely N-dealkylation sites (tertiary alicyclic amines) is 1. The number of carbonyl (C=O) groups is 1. The number of rotatable bonds is 5. The van der Waals surface area contributed by atoms with Crippen LogP contribution in [-0.4, -0.2) is 53.2 Å². The predicted molar refractivity (Wildman–Crippen MR) is 87.4 cm³/mol. The third kappa shape index (κ3) is 5.20. The van der Waals surface area contributed by atoms with Gasteiger partial charge in [0.2, 0.25) is 0 Å². The molecule has 0 unspecified atom stereocenters. The molecule has 0 atom stereocenters. The molecule has 21 heavy (non-hydrogen) atoms. The molecule has 120 valence electrons. The Labute approximate surface area is 129 Å². The maximum atomic E-state index is 12.1. The third-order valence-electron chi connectivity index (χ3n) is 3.95. The maximum absolute atomic E-state index is 12.1. The summed E-state index contributed by atoms with van der Waals surface area (Å²) in [6.45, 7) is 18.8. The van der Waals surface area contributed by atoms with Crippen molar-refractivity contribution in [3.05, 3.63) is 25.3 Å². The predicted octanol–water partition coefficient (Wildman–Crippen LogP) is 3.45. The van der Waals surface area contributed by atoms with Crippen LogP contribution in [0.5, 0.6) is 0 Å². The van der Waals surface area contributed by atoms with Gasteiger partial charge < -0.3 is 9.64 Å². The van der Waals surface area contributed by atoms with Gasteiger partial charge in [-0.2, -0.15) is 0 Å². The van der Waals surface area contributed by atoms with Gasteiger partial charge in [-0.15, -0.1) is 13.2 Å². The topological polar surface area (TPSA) is 32.8 Å². The molecule has 4 nitrogen and oxygen atoms in total. The van der Waals surface area contributed by atoms with E-state index in [-0.39, 0.29) is 11.6 Å². The zero-order chi connectivity index (χ0) is 16.1. The number of hydrogen-bond acceptors (Lipinski definition) is 3. The molecule has 0 spiro atoms. The Morgan fingerprint density at radius 1 is 1.24 bits per heavy atom. The summed E-state index contributed by atoms with van der Waals surface area (Å²) in [4.78, 5) is 16.3. The van der Waals surface area contributed by atoms with Crippen molar-refractivity contribution in [3.63, 3.8) is 0 Å². The highest BCUT2D eigenvalue weighted by Crippen LogP contribution is 2.29. The number of nitrogens with zero attached hydrogens (tertiary/aromatic N) is 2. The van der Waals surface area contributed by atoms with Gasteiger partial charge in [-0.25, -0.2) is 4.79 Å². The molecular formula is C17H30N2O2. The number of carbonyl (C=O) groups excluding carboxylic acids is 1. The molecule has 0 bridgehead atoms. The minimum Gasteiger partial charge on any atom is -0.444 e. The first-order chi connectivity index (χ1) is 9.72. The van der Waals surface area contributed by atoms with Crippen LogP contribution in [0.15, 0.2) is 25.3 Å². The van der Waals surface area contributed by atoms with E-state index in [1.807, 2.05) is 37.8 Å². The maximum Gasteiger partial charge on any atom is 0.410 e. The molecule has 0 N–H and O–H groups in total. The first kappa shape index (κ1) is 17.8. The number of amides is 1. The van der Waals surface area contributed by atoms with Crippen molar-refractivity contribution in [1.82, 2.24) is 9.80 Å². The van der Waals surface area contributed by atoms with Crippen molar-refractivity contribution in [2.45, 2.75) is 51.7 Å². The Bertz CT molecular complexity index is 367. The van der Waals surface area contributed by atoms with Gasteiger partial charge in [-0.1, -0.05) is 12.2 Å². The van der Waals surface area contributed by atoms with E-state index in [4.69, 9.17) is 4.74 Å². The van der Waals surface area contributed by atoms with E-state index in [1.165, 1.54) is 0 Å². The largest absolute Gasteiger partial charge is 0.444 e. The van der Waals surface area contributed by atoms with Crippen LogP contribution in [0.4, 0.5) is 4.79 Å². The monoisotopic (exact) mass is 294 g/mol. The molecule has 1 amide bonds. The Morgan fingerprint density at radius 3 is 2.10 bits per heavy atom. The quantitative estimate of drug-likeness (QED) is 0.728. The highest BCUT2D eigenvalue weighted by Gasteiger charge is 2.36. The van der Waals surface area contributed by atoms with Gasteiger partial charge in [0.15, 0.2) is 0 Å². The normalized spacial score (nSPS) is 18.4. The second-order valence-corrected chi connectivity index (χ2v) is 6.95. The summed E-state index contributed by atoms with van der Waals surface area (Å²) < 4.78 is 5.44. The Balaban J connectivity index is 2.62. The fourth-order valence-electron chi connectivity index (χ4n) is 2.64. The average Bonchev–Trinajstić information content (AvgIpc) is 2.37. The van der Waals surface area contributed by atoms with E-state index in [2.05, 4.69) is 25.0 Å². The van der Waals surface area contributed by atoms with Crippen LogP contribution < -0.4 is 0 Å². The minimum atomic E-state index is -0.435. The van der Waals surface area contributed by atoms with Gasteiger partial charge in [0.05, 0.1) is 0 Å². The fourth-order valence-corrected chi connectivity index (χ4v) is 2.64. The summed E-state index contributed by atoms with van der Waals surface area (Å²) in [6, 6.07) is 0. The lowest BCUT2D eigenvalue weighted by atomic mass is 9.87. The number of hydrogen-bond donors (Lipinski definition) is 0. The van der Waals surface area contributed by atoms with E-state index >= 15 is 0 Å². The Hall–Kier alpha value is -1.29. The molecule has 0 aromatic heterocycles. The lowest BCUT2D eigenvalue weighted by Gasteiger charge is -2.46. The van der Waals surface area contributed by atoms with Crippen LogP contribution in [0.3, 0.4) is 0 Å². The van der Waals surface area contributed by atoms with E-state index < -0.39 is 5.60 Å². The van der Waals surface area contributed by atoms with Crippen molar-refractivity contribution >= 4 is 6.09 Å². The van der Waals surface area contributed by atoms with Gasteiger partial charge in [0.1, 0.15) is 5.60 Å². The number of piperidine rings is 1. The second kappa shape index (κ2) is 7.12. The van der Waals surface area contributed by atoms with Crippen molar-refractivity contribution in [3.8, 4) is 0 Å². The van der Waals surface area contributed by atoms with Crippen LogP contribution in [-0.2, 0) is 4.74 Å². The van der Waals surface area contributed by atoms with E-state index in [9.17, 15) is 4.79 Å². The summed E-state index contributed by atoms with van der Waals surface area (Å²) in [6.07, 6.45) is 5.52. The first-order valence-corrected chi connectivity index (χ1v) is 7.66. The molecule has 0 aliphatic carbocycles. The van der Waals surface area contributed by atoms with Crippen molar-refractivity contribution in [2.24, 2.45) is 0 Å². The highest BCUT2D eigenvalue weighted by atomic mass is 16.6. The molecule has 0 radical (unpaired) electrons. The van der Waals surface area contributed by atoms with Crippen molar-refractivity contribution in [1.29, 1.82) is 0 Å². The lowest BCUT2D eigenvalue weighted by Crippen LogP contribution is -2.55. The van der Waals surface area contributed by atoms with Crippen LogP contribution in [0.2, 0.25) is 0 Å². The molecule has 1 fully saturated rings. The molecule has 1 rings (SSSR count). The Morgan fingerprint density at radius 2 is 1.71 bits per heavy atom. The van der Waals surface area contributed by atoms with Gasteiger partial charge in [0.25, 0.3) is 0 Å². The fraction of sp³-hybridized carbons (Fsp3) is 0.706. The van der Waals surface area contributed by atoms with E-state index in [0.717, 1.165) is 39.0 Å². The molecule has 1 aliphatic rings. The molecule has 0 aromatic carbocycles. The van der Waals surface area contributed by atoms with E-state index in [0.29, 0.717) is 0 Å². The SMILES string of the molecule is C=CCN(CC=C)C1(C)CCN(C(=O)OC(C)(C)C)CC1. The molecule has 1 aliphatic heterocycles. The van der Waals surface area contributed by atoms with Crippen LogP contribution in [0.1, 0.15) is 40.5 Å². The molecule has 4 heteroatoms. The average molecular weight is 294 g/mol. The molecular weight excluding hydrogens is 264 g/mol. The summed E-state index contributed by atoms with van der Waals surface area (Å²) in [5.74, 6) is 0. The molecule has 1 saturated heterocycles. The summed E-state index contributed by atoms with van der Waals surface area (Å²) >= 11 is 0. The highest BCUT2D eigenvalue weighted by molar-refractivity contribution is 5.68. The number of ether oxygens (including phenoxy) is 1. The van der Waals surface area contributed by atoms with Gasteiger partial charge in [-0.3, -0.25) is 4.90 Å². The van der Waals surface area contributed by atoms with Crippen molar-refractivity contribution < 1.29 is 9.53 Å². The van der Waals surface area contributed by atoms with Gasteiger partial charge in [-0.05, 0) is 40.5 Å². The second-order valence-electron chi connectivity index (χ2n) is 6.95. The minimum absolute atomic E-state index is 0.0842.